The summed E-state index contributed by atoms with van der Waals surface area (Å²) in [5, 5.41) is 3.82. The number of esters is 1. The van der Waals surface area contributed by atoms with Gasteiger partial charge in [-0.3, -0.25) is 9.69 Å². The summed E-state index contributed by atoms with van der Waals surface area (Å²) in [5.74, 6) is -0.563. The summed E-state index contributed by atoms with van der Waals surface area (Å²) < 4.78 is 16.4. The molecule has 1 aromatic rings. The highest BCUT2D eigenvalue weighted by Gasteiger charge is 2.46. The van der Waals surface area contributed by atoms with Crippen molar-refractivity contribution >= 4 is 11.5 Å². The molecule has 2 heterocycles. The number of hydrogen-bond acceptors (Lipinski definition) is 6. The van der Waals surface area contributed by atoms with Crippen LogP contribution in [0.4, 0.5) is 0 Å². The lowest BCUT2D eigenvalue weighted by molar-refractivity contribution is -0.147. The zero-order chi connectivity index (χ0) is 21.7. The minimum absolute atomic E-state index is 0.191. The predicted octanol–water partition coefficient (Wildman–Crippen LogP) is 2.86. The molecule has 0 spiro atoms. The Morgan fingerprint density at radius 3 is 2.48 bits per heavy atom. The molecule has 2 fully saturated rings. The first-order valence-corrected chi connectivity index (χ1v) is 11.3. The van der Waals surface area contributed by atoms with Gasteiger partial charge in [-0.15, -0.1) is 0 Å². The molecule has 0 bridgehead atoms. The lowest BCUT2D eigenvalue weighted by Gasteiger charge is -2.45. The van der Waals surface area contributed by atoms with Crippen LogP contribution in [0.15, 0.2) is 48.2 Å². The highest BCUT2D eigenvalue weighted by Crippen LogP contribution is 2.44. The van der Waals surface area contributed by atoms with Gasteiger partial charge in [-0.25, -0.2) is 0 Å². The van der Waals surface area contributed by atoms with Crippen LogP contribution in [0.1, 0.15) is 25.3 Å². The second kappa shape index (κ2) is 9.98. The van der Waals surface area contributed by atoms with Gasteiger partial charge >= 0.3 is 5.97 Å². The van der Waals surface area contributed by atoms with Gasteiger partial charge in [-0.05, 0) is 30.1 Å². The molecule has 1 aromatic carbocycles. The fourth-order valence-corrected chi connectivity index (χ4v) is 4.84. The van der Waals surface area contributed by atoms with Gasteiger partial charge in [0.1, 0.15) is 0 Å². The summed E-state index contributed by atoms with van der Waals surface area (Å²) in [4.78, 5) is 15.5. The zero-order valence-electron chi connectivity index (χ0n) is 18.6. The van der Waals surface area contributed by atoms with E-state index in [4.69, 9.17) is 14.2 Å². The SMILES string of the molecule is COC(=O)C1C=C(c2ccccc2)C=C(NC2CCOCC2)C1(C)CN1CCOCC1. The average molecular weight is 427 g/mol. The Hall–Kier alpha value is -2.15. The fraction of sp³-hybridized carbons (Fsp3) is 0.560. The first-order valence-electron chi connectivity index (χ1n) is 11.3. The summed E-state index contributed by atoms with van der Waals surface area (Å²) >= 11 is 0. The highest BCUT2D eigenvalue weighted by atomic mass is 16.5. The van der Waals surface area contributed by atoms with Crippen molar-refractivity contribution in [1.29, 1.82) is 0 Å². The molecule has 1 aliphatic carbocycles. The van der Waals surface area contributed by atoms with Crippen molar-refractivity contribution in [2.24, 2.45) is 11.3 Å². The molecule has 3 aliphatic rings. The van der Waals surface area contributed by atoms with Crippen LogP contribution in [0.5, 0.6) is 0 Å². The van der Waals surface area contributed by atoms with Crippen LogP contribution in [0.2, 0.25) is 0 Å². The van der Waals surface area contributed by atoms with Gasteiger partial charge in [-0.1, -0.05) is 43.3 Å². The van der Waals surface area contributed by atoms with Crippen LogP contribution >= 0.6 is 0 Å². The van der Waals surface area contributed by atoms with Gasteiger partial charge < -0.3 is 19.5 Å². The van der Waals surface area contributed by atoms with Gasteiger partial charge in [-0.2, -0.15) is 0 Å². The number of morpholine rings is 1. The lowest BCUT2D eigenvalue weighted by atomic mass is 9.68. The van der Waals surface area contributed by atoms with Crippen molar-refractivity contribution in [3.8, 4) is 0 Å². The van der Waals surface area contributed by atoms with E-state index in [9.17, 15) is 4.79 Å². The number of nitrogens with zero attached hydrogens (tertiary/aromatic N) is 1. The number of methoxy groups -OCH3 is 1. The molecule has 0 amide bonds. The van der Waals surface area contributed by atoms with Crippen LogP contribution in [-0.2, 0) is 19.0 Å². The van der Waals surface area contributed by atoms with E-state index in [-0.39, 0.29) is 11.9 Å². The molecule has 0 aromatic heterocycles. The number of carbonyl (C=O) groups is 1. The van der Waals surface area contributed by atoms with E-state index in [1.165, 1.54) is 7.11 Å². The number of allylic oxidation sites excluding steroid dienone is 2. The third-order valence-corrected chi connectivity index (χ3v) is 6.75. The Bertz CT molecular complexity index is 810. The largest absolute Gasteiger partial charge is 0.469 e. The minimum Gasteiger partial charge on any atom is -0.469 e. The molecule has 2 saturated heterocycles. The van der Waals surface area contributed by atoms with E-state index in [0.717, 1.165) is 75.7 Å². The monoisotopic (exact) mass is 426 g/mol. The van der Waals surface area contributed by atoms with E-state index >= 15 is 0 Å². The predicted molar refractivity (Wildman–Crippen MR) is 120 cm³/mol. The number of hydrogen-bond donors (Lipinski definition) is 1. The molecule has 0 saturated carbocycles. The van der Waals surface area contributed by atoms with Crippen molar-refractivity contribution in [3.63, 3.8) is 0 Å². The normalized spacial score (nSPS) is 27.9. The second-order valence-electron chi connectivity index (χ2n) is 8.88. The molecule has 4 rings (SSSR count). The summed E-state index contributed by atoms with van der Waals surface area (Å²) in [5.41, 5.74) is 2.87. The Morgan fingerprint density at radius 2 is 1.81 bits per heavy atom. The van der Waals surface area contributed by atoms with Gasteiger partial charge in [0.15, 0.2) is 0 Å². The number of rotatable bonds is 6. The molecule has 6 heteroatoms. The maximum atomic E-state index is 13.1. The third-order valence-electron chi connectivity index (χ3n) is 6.75. The molecule has 2 atom stereocenters. The van der Waals surface area contributed by atoms with Crippen LogP contribution in [-0.4, -0.2) is 70.1 Å². The van der Waals surface area contributed by atoms with E-state index in [0.29, 0.717) is 6.04 Å². The summed E-state index contributed by atoms with van der Waals surface area (Å²) in [6.07, 6.45) is 6.28. The van der Waals surface area contributed by atoms with E-state index in [2.05, 4.69) is 41.4 Å². The number of benzene rings is 1. The molecule has 2 unspecified atom stereocenters. The highest BCUT2D eigenvalue weighted by molar-refractivity contribution is 5.85. The fourth-order valence-electron chi connectivity index (χ4n) is 4.84. The first-order chi connectivity index (χ1) is 15.1. The van der Waals surface area contributed by atoms with Gasteiger partial charge in [0.25, 0.3) is 0 Å². The van der Waals surface area contributed by atoms with Crippen molar-refractivity contribution in [3.05, 3.63) is 53.7 Å². The minimum atomic E-state index is -0.416. The van der Waals surface area contributed by atoms with E-state index < -0.39 is 5.41 Å². The topological polar surface area (TPSA) is 60.0 Å². The third kappa shape index (κ3) is 5.03. The van der Waals surface area contributed by atoms with E-state index in [1.54, 1.807) is 0 Å². The molecule has 2 aliphatic heterocycles. The van der Waals surface area contributed by atoms with Crippen LogP contribution in [0.3, 0.4) is 0 Å². The molecule has 168 valence electrons. The molecular weight excluding hydrogens is 392 g/mol. The average Bonchev–Trinajstić information content (AvgIpc) is 2.82. The Balaban J connectivity index is 1.71. The standard InChI is InChI=1S/C25H34N2O4/c1-25(18-27-10-14-31-15-11-27)22(24(28)29-2)16-20(19-6-4-3-5-7-19)17-23(25)26-21-8-12-30-13-9-21/h3-7,16-17,21-22,26H,8-15,18H2,1-2H3. The Labute approximate surface area is 185 Å². The van der Waals surface area contributed by atoms with Crippen LogP contribution < -0.4 is 5.32 Å². The maximum Gasteiger partial charge on any atom is 0.313 e. The summed E-state index contributed by atoms with van der Waals surface area (Å²) in [7, 11) is 1.48. The van der Waals surface area contributed by atoms with Crippen molar-refractivity contribution in [1.82, 2.24) is 10.2 Å². The molecular formula is C25H34N2O4. The zero-order valence-corrected chi connectivity index (χ0v) is 18.6. The molecule has 1 N–H and O–H groups in total. The smallest absolute Gasteiger partial charge is 0.313 e. The summed E-state index contributed by atoms with van der Waals surface area (Å²) in [6.45, 7) is 7.73. The number of carbonyl (C=O) groups excluding carboxylic acids is 1. The maximum absolute atomic E-state index is 13.1. The van der Waals surface area contributed by atoms with E-state index in [1.807, 2.05) is 18.2 Å². The van der Waals surface area contributed by atoms with Gasteiger partial charge in [0.2, 0.25) is 0 Å². The van der Waals surface area contributed by atoms with Crippen molar-refractivity contribution in [2.45, 2.75) is 25.8 Å². The number of nitrogens with one attached hydrogen (secondary N) is 1. The molecule has 31 heavy (non-hydrogen) atoms. The van der Waals surface area contributed by atoms with Gasteiger partial charge in [0, 0.05) is 50.0 Å². The number of ether oxygens (including phenoxy) is 3. The quantitative estimate of drug-likeness (QED) is 0.706. The van der Waals surface area contributed by atoms with Crippen LogP contribution in [0, 0.1) is 11.3 Å². The lowest BCUT2D eigenvalue weighted by Crippen LogP contribution is -2.52. The Morgan fingerprint density at radius 1 is 1.13 bits per heavy atom. The van der Waals surface area contributed by atoms with Crippen molar-refractivity contribution in [2.75, 3.05) is 53.2 Å². The Kier molecular flexibility index (Phi) is 7.10. The second-order valence-corrected chi connectivity index (χ2v) is 8.88. The van der Waals surface area contributed by atoms with Crippen LogP contribution in [0.25, 0.3) is 5.57 Å². The molecule has 6 nitrogen and oxygen atoms in total. The first kappa shape index (κ1) is 22.1. The summed E-state index contributed by atoms with van der Waals surface area (Å²) in [6, 6.07) is 10.6. The van der Waals surface area contributed by atoms with Gasteiger partial charge in [0.05, 0.1) is 26.2 Å². The van der Waals surface area contributed by atoms with Crippen molar-refractivity contribution < 1.29 is 19.0 Å². The molecule has 0 radical (unpaired) electrons.